The maximum absolute atomic E-state index is 11.7. The number of likely N-dealkylation sites (tertiary alicyclic amines) is 1. The van der Waals surface area contributed by atoms with Crippen LogP contribution in [0.5, 0.6) is 0 Å². The summed E-state index contributed by atoms with van der Waals surface area (Å²) in [5.74, 6) is 4.58. The molecule has 4 fully saturated rings. The lowest BCUT2D eigenvalue weighted by atomic mass is 9.62. The van der Waals surface area contributed by atoms with Crippen LogP contribution in [0.15, 0.2) is 24.3 Å². The Bertz CT molecular complexity index is 737. The van der Waals surface area contributed by atoms with E-state index in [0.29, 0.717) is 17.4 Å². The second-order valence-corrected chi connectivity index (χ2v) is 10.0. The molecule has 4 heteroatoms. The summed E-state index contributed by atoms with van der Waals surface area (Å²) in [6, 6.07) is 7.90. The maximum atomic E-state index is 11.7. The summed E-state index contributed by atoms with van der Waals surface area (Å²) in [6.45, 7) is 5.94. The van der Waals surface area contributed by atoms with Gasteiger partial charge in [0.05, 0.1) is 0 Å². The molecule has 5 rings (SSSR count). The number of carbonyl (C=O) groups is 1. The van der Waals surface area contributed by atoms with Crippen LogP contribution >= 0.6 is 0 Å². The van der Waals surface area contributed by atoms with Gasteiger partial charge in [0.2, 0.25) is 5.91 Å². The summed E-state index contributed by atoms with van der Waals surface area (Å²) in [5, 5.41) is 0. The molecule has 4 nitrogen and oxygen atoms in total. The lowest BCUT2D eigenvalue weighted by Gasteiger charge is -2.55. The van der Waals surface area contributed by atoms with Gasteiger partial charge in [0.1, 0.15) is 5.60 Å². The fourth-order valence-corrected chi connectivity index (χ4v) is 7.31. The van der Waals surface area contributed by atoms with E-state index >= 15 is 0 Å². The molecule has 1 aliphatic heterocycles. The van der Waals surface area contributed by atoms with Crippen LogP contribution in [0.2, 0.25) is 0 Å². The molecular weight excluding hydrogens is 348 g/mol. The molecule has 0 spiro atoms. The Kier molecular flexibility index (Phi) is 4.55. The molecule has 2 N–H and O–H groups in total. The Balaban J connectivity index is 1.37. The predicted molar refractivity (Wildman–Crippen MR) is 110 cm³/mol. The molecule has 4 unspecified atom stereocenters. The summed E-state index contributed by atoms with van der Waals surface area (Å²) in [6.07, 6.45) is 6.60. The quantitative estimate of drug-likeness (QED) is 0.846. The highest BCUT2D eigenvalue weighted by molar-refractivity contribution is 5.92. The third-order valence-corrected chi connectivity index (χ3v) is 8.70. The van der Waals surface area contributed by atoms with Crippen LogP contribution in [-0.2, 0) is 10.3 Å². The third kappa shape index (κ3) is 2.83. The molecule has 4 atom stereocenters. The molecule has 3 saturated carbocycles. The van der Waals surface area contributed by atoms with Crippen molar-refractivity contribution in [3.05, 3.63) is 35.4 Å². The number of hydrogen-bond donors (Lipinski definition) is 1. The standard InChI is InChI=1S/C24H34N2O2/c1-15-21-9-16(10-22(15)21)12-26-13-19-7-4-8-20(14-26)24(19,28-2)18-6-3-5-17(11-18)23(25)27/h3,5-6,11,15-16,19-22H,4,7-10,12-14H2,1-2H3,(H2,25,27). The molecule has 1 amide bonds. The Hall–Kier alpha value is -1.39. The van der Waals surface area contributed by atoms with Gasteiger partial charge in [-0.05, 0) is 67.1 Å². The topological polar surface area (TPSA) is 55.6 Å². The molecule has 152 valence electrons. The van der Waals surface area contributed by atoms with Crippen LogP contribution in [0.25, 0.3) is 0 Å². The van der Waals surface area contributed by atoms with Crippen molar-refractivity contribution in [2.24, 2.45) is 41.2 Å². The summed E-state index contributed by atoms with van der Waals surface area (Å²) < 4.78 is 6.34. The molecule has 0 radical (unpaired) electrons. The van der Waals surface area contributed by atoms with Gasteiger partial charge in [-0.2, -0.15) is 0 Å². The first-order valence-corrected chi connectivity index (χ1v) is 11.2. The zero-order valence-corrected chi connectivity index (χ0v) is 17.3. The van der Waals surface area contributed by atoms with Crippen molar-refractivity contribution in [2.45, 2.75) is 44.6 Å². The first-order valence-electron chi connectivity index (χ1n) is 11.2. The highest BCUT2D eigenvalue weighted by atomic mass is 16.5. The van der Waals surface area contributed by atoms with Gasteiger partial charge >= 0.3 is 0 Å². The molecule has 2 bridgehead atoms. The minimum atomic E-state index is -0.357. The number of primary amides is 1. The number of fused-ring (bicyclic) bond motifs is 3. The molecule has 1 saturated heterocycles. The van der Waals surface area contributed by atoms with Crippen molar-refractivity contribution in [3.8, 4) is 0 Å². The van der Waals surface area contributed by atoms with E-state index in [0.717, 1.165) is 42.3 Å². The van der Waals surface area contributed by atoms with Gasteiger partial charge in [-0.15, -0.1) is 0 Å². The van der Waals surface area contributed by atoms with Crippen molar-refractivity contribution in [2.75, 3.05) is 26.7 Å². The van der Waals surface area contributed by atoms with E-state index < -0.39 is 0 Å². The van der Waals surface area contributed by atoms with Crippen molar-refractivity contribution in [3.63, 3.8) is 0 Å². The zero-order valence-electron chi connectivity index (χ0n) is 17.3. The Morgan fingerprint density at radius 2 is 1.89 bits per heavy atom. The highest BCUT2D eigenvalue weighted by Gasteiger charge is 2.55. The van der Waals surface area contributed by atoms with Crippen molar-refractivity contribution >= 4 is 5.91 Å². The number of amides is 1. The summed E-state index contributed by atoms with van der Waals surface area (Å²) >= 11 is 0. The van der Waals surface area contributed by atoms with Crippen LogP contribution in [0, 0.1) is 35.5 Å². The van der Waals surface area contributed by atoms with E-state index in [2.05, 4.69) is 17.9 Å². The maximum Gasteiger partial charge on any atom is 0.248 e. The molecular formula is C24H34N2O2. The number of nitrogens with two attached hydrogens (primary N) is 1. The van der Waals surface area contributed by atoms with Crippen molar-refractivity contribution < 1.29 is 9.53 Å². The SMILES string of the molecule is COC1(c2cccc(C(N)=O)c2)C2CCCC1CN(CC1CC3C(C)C3C1)C2. The van der Waals surface area contributed by atoms with E-state index in [4.69, 9.17) is 10.5 Å². The molecule has 1 aromatic rings. The molecule has 3 aliphatic carbocycles. The second kappa shape index (κ2) is 6.84. The van der Waals surface area contributed by atoms with Crippen LogP contribution in [-0.4, -0.2) is 37.6 Å². The van der Waals surface area contributed by atoms with Crippen LogP contribution in [0.4, 0.5) is 0 Å². The van der Waals surface area contributed by atoms with Crippen molar-refractivity contribution in [1.29, 1.82) is 0 Å². The molecule has 0 aromatic heterocycles. The average Bonchev–Trinajstić information content (AvgIpc) is 3.09. The number of benzene rings is 1. The number of rotatable bonds is 5. The van der Waals surface area contributed by atoms with Gasteiger partial charge < -0.3 is 15.4 Å². The van der Waals surface area contributed by atoms with E-state index in [-0.39, 0.29) is 11.5 Å². The first-order chi connectivity index (χ1) is 13.5. The smallest absolute Gasteiger partial charge is 0.248 e. The molecule has 4 aliphatic rings. The van der Waals surface area contributed by atoms with E-state index in [1.54, 1.807) is 0 Å². The number of hydrogen-bond acceptors (Lipinski definition) is 3. The van der Waals surface area contributed by atoms with Crippen LogP contribution in [0.1, 0.15) is 54.9 Å². The first kappa shape index (κ1) is 18.6. The Labute approximate surface area is 168 Å². The highest BCUT2D eigenvalue weighted by Crippen LogP contribution is 2.59. The largest absolute Gasteiger partial charge is 0.373 e. The van der Waals surface area contributed by atoms with Gasteiger partial charge in [0.15, 0.2) is 0 Å². The fraction of sp³-hybridized carbons (Fsp3) is 0.708. The Morgan fingerprint density at radius 1 is 1.21 bits per heavy atom. The number of nitrogens with zero attached hydrogens (tertiary/aromatic N) is 1. The van der Waals surface area contributed by atoms with E-state index in [1.165, 1.54) is 38.6 Å². The van der Waals surface area contributed by atoms with Gasteiger partial charge in [0, 0.05) is 44.1 Å². The van der Waals surface area contributed by atoms with Gasteiger partial charge in [0.25, 0.3) is 0 Å². The van der Waals surface area contributed by atoms with Gasteiger partial charge in [-0.3, -0.25) is 4.79 Å². The lowest BCUT2D eigenvalue weighted by Crippen LogP contribution is -2.59. The monoisotopic (exact) mass is 382 g/mol. The molecule has 28 heavy (non-hydrogen) atoms. The second-order valence-electron chi connectivity index (χ2n) is 10.0. The number of piperidine rings is 1. The van der Waals surface area contributed by atoms with Crippen molar-refractivity contribution in [1.82, 2.24) is 4.90 Å². The van der Waals surface area contributed by atoms with E-state index in [9.17, 15) is 4.79 Å². The summed E-state index contributed by atoms with van der Waals surface area (Å²) in [5.41, 5.74) is 7.03. The normalized spacial score (nSPS) is 42.2. The van der Waals surface area contributed by atoms with Crippen LogP contribution in [0.3, 0.4) is 0 Å². The fourth-order valence-electron chi connectivity index (χ4n) is 7.31. The summed E-state index contributed by atoms with van der Waals surface area (Å²) in [4.78, 5) is 14.5. The number of carbonyl (C=O) groups excluding carboxylic acids is 1. The van der Waals surface area contributed by atoms with Crippen LogP contribution < -0.4 is 5.73 Å². The van der Waals surface area contributed by atoms with Gasteiger partial charge in [-0.25, -0.2) is 0 Å². The molecule has 1 heterocycles. The predicted octanol–water partition coefficient (Wildman–Crippen LogP) is 3.65. The molecule has 1 aromatic carbocycles. The summed E-state index contributed by atoms with van der Waals surface area (Å²) in [7, 11) is 1.86. The minimum Gasteiger partial charge on any atom is -0.373 e. The third-order valence-electron chi connectivity index (χ3n) is 8.70. The van der Waals surface area contributed by atoms with E-state index in [1.807, 2.05) is 25.3 Å². The average molecular weight is 383 g/mol. The number of ether oxygens (including phenoxy) is 1. The minimum absolute atomic E-state index is 0.271. The zero-order chi connectivity index (χ0) is 19.5. The Morgan fingerprint density at radius 3 is 2.50 bits per heavy atom. The van der Waals surface area contributed by atoms with Gasteiger partial charge in [-0.1, -0.05) is 25.5 Å². The lowest BCUT2D eigenvalue weighted by molar-refractivity contribution is -0.170. The number of methoxy groups -OCH3 is 1.